The van der Waals surface area contributed by atoms with Crippen LogP contribution in [0, 0.1) is 23.7 Å². The molecule has 2 aliphatic heterocycles. The molecule has 0 radical (unpaired) electrons. The first-order valence-electron chi connectivity index (χ1n) is 8.50. The van der Waals surface area contributed by atoms with Crippen LogP contribution >= 0.6 is 0 Å². The molecule has 2 heterocycles. The van der Waals surface area contributed by atoms with Crippen molar-refractivity contribution in [2.45, 2.75) is 64.8 Å². The van der Waals surface area contributed by atoms with Crippen LogP contribution in [0.2, 0.25) is 0 Å². The van der Waals surface area contributed by atoms with Crippen molar-refractivity contribution in [3.05, 3.63) is 0 Å². The van der Waals surface area contributed by atoms with Gasteiger partial charge < -0.3 is 14.2 Å². The summed E-state index contributed by atoms with van der Waals surface area (Å²) in [5.41, 5.74) is -0.000903. The van der Waals surface area contributed by atoms with E-state index >= 15 is 0 Å². The summed E-state index contributed by atoms with van der Waals surface area (Å²) in [7, 11) is 0. The predicted octanol–water partition coefficient (Wildman–Crippen LogP) is 3.62. The maximum Gasteiger partial charge on any atom is 0.163 e. The highest BCUT2D eigenvalue weighted by molar-refractivity contribution is 5.02. The summed E-state index contributed by atoms with van der Waals surface area (Å²) < 4.78 is 18.3. The molecule has 0 aromatic carbocycles. The molecule has 3 rings (SSSR count). The Morgan fingerprint density at radius 3 is 2.45 bits per heavy atom. The first-order chi connectivity index (χ1) is 9.63. The average molecular weight is 282 g/mol. The first-order valence-corrected chi connectivity index (χ1v) is 8.50. The van der Waals surface area contributed by atoms with Crippen LogP contribution in [0.15, 0.2) is 0 Å². The van der Waals surface area contributed by atoms with E-state index in [2.05, 4.69) is 20.8 Å². The molecule has 116 valence electrons. The zero-order valence-electron chi connectivity index (χ0n) is 13.3. The summed E-state index contributed by atoms with van der Waals surface area (Å²) in [4.78, 5) is 0. The van der Waals surface area contributed by atoms with Crippen molar-refractivity contribution in [1.82, 2.24) is 0 Å². The summed E-state index contributed by atoms with van der Waals surface area (Å²) in [5, 5.41) is 0. The lowest BCUT2D eigenvalue weighted by Crippen LogP contribution is -2.58. The lowest BCUT2D eigenvalue weighted by Gasteiger charge is -2.55. The third kappa shape index (κ3) is 2.53. The van der Waals surface area contributed by atoms with Gasteiger partial charge in [-0.3, -0.25) is 0 Å². The number of rotatable bonds is 2. The molecule has 0 aromatic rings. The molecule has 1 saturated carbocycles. The Kier molecular flexibility index (Phi) is 4.40. The minimum atomic E-state index is -0.0261. The van der Waals surface area contributed by atoms with Crippen LogP contribution in [0.5, 0.6) is 0 Å². The second kappa shape index (κ2) is 5.94. The standard InChI is InChI=1S/C17H30O3/c1-12(2)14-7-6-13(3)11-17(14)15(5-4-8-20-17)16-18-9-10-19-16/h12-16H,4-11H2,1-3H3/t13-,14+,15+,17+/m1/s1. The van der Waals surface area contributed by atoms with Gasteiger partial charge in [0.05, 0.1) is 18.8 Å². The minimum Gasteiger partial charge on any atom is -0.374 e. The van der Waals surface area contributed by atoms with Crippen LogP contribution < -0.4 is 0 Å². The van der Waals surface area contributed by atoms with Gasteiger partial charge in [-0.05, 0) is 43.4 Å². The van der Waals surface area contributed by atoms with Gasteiger partial charge in [-0.1, -0.05) is 27.2 Å². The van der Waals surface area contributed by atoms with Crippen molar-refractivity contribution in [1.29, 1.82) is 0 Å². The molecule has 0 amide bonds. The molecule has 3 nitrogen and oxygen atoms in total. The Morgan fingerprint density at radius 1 is 1.00 bits per heavy atom. The topological polar surface area (TPSA) is 27.7 Å². The fraction of sp³-hybridized carbons (Fsp3) is 1.00. The largest absolute Gasteiger partial charge is 0.374 e. The highest BCUT2D eigenvalue weighted by atomic mass is 16.7. The van der Waals surface area contributed by atoms with Crippen molar-refractivity contribution in [2.75, 3.05) is 19.8 Å². The summed E-state index contributed by atoms with van der Waals surface area (Å²) in [6.07, 6.45) is 6.13. The molecule has 0 N–H and O–H groups in total. The Morgan fingerprint density at radius 2 is 1.75 bits per heavy atom. The molecule has 20 heavy (non-hydrogen) atoms. The average Bonchev–Trinajstić information content (AvgIpc) is 2.92. The molecule has 3 aliphatic rings. The molecule has 0 unspecified atom stereocenters. The molecule has 3 heteroatoms. The van der Waals surface area contributed by atoms with Crippen molar-refractivity contribution >= 4 is 0 Å². The van der Waals surface area contributed by atoms with Crippen LogP contribution in [0.4, 0.5) is 0 Å². The highest BCUT2D eigenvalue weighted by Crippen LogP contribution is 2.52. The van der Waals surface area contributed by atoms with E-state index in [9.17, 15) is 0 Å². The van der Waals surface area contributed by atoms with Crippen LogP contribution in [-0.4, -0.2) is 31.7 Å². The van der Waals surface area contributed by atoms with E-state index in [1.807, 2.05) is 0 Å². The third-order valence-electron chi connectivity index (χ3n) is 5.70. The predicted molar refractivity (Wildman–Crippen MR) is 78.4 cm³/mol. The SMILES string of the molecule is CC(C)[C@@H]1CC[C@@H](C)C[C@]12OCCC[C@H]2C1OCCO1. The second-order valence-corrected chi connectivity index (χ2v) is 7.40. The summed E-state index contributed by atoms with van der Waals surface area (Å²) in [6.45, 7) is 9.50. The van der Waals surface area contributed by atoms with E-state index in [0.717, 1.165) is 32.2 Å². The van der Waals surface area contributed by atoms with Gasteiger partial charge in [0.2, 0.25) is 0 Å². The molecule has 4 atom stereocenters. The van der Waals surface area contributed by atoms with Gasteiger partial charge in [0, 0.05) is 12.5 Å². The summed E-state index contributed by atoms with van der Waals surface area (Å²) in [5.74, 6) is 2.50. The minimum absolute atomic E-state index is 0.000903. The van der Waals surface area contributed by atoms with Gasteiger partial charge in [0.1, 0.15) is 0 Å². The molecular weight excluding hydrogens is 252 g/mol. The van der Waals surface area contributed by atoms with Gasteiger partial charge in [-0.15, -0.1) is 0 Å². The van der Waals surface area contributed by atoms with Gasteiger partial charge in [-0.25, -0.2) is 0 Å². The smallest absolute Gasteiger partial charge is 0.163 e. The monoisotopic (exact) mass is 282 g/mol. The number of hydrogen-bond donors (Lipinski definition) is 0. The van der Waals surface area contributed by atoms with E-state index in [1.165, 1.54) is 25.7 Å². The second-order valence-electron chi connectivity index (χ2n) is 7.40. The lowest BCUT2D eigenvalue weighted by molar-refractivity contribution is -0.242. The maximum absolute atomic E-state index is 6.52. The van der Waals surface area contributed by atoms with Crippen LogP contribution in [-0.2, 0) is 14.2 Å². The van der Waals surface area contributed by atoms with Crippen molar-refractivity contribution in [3.63, 3.8) is 0 Å². The Hall–Kier alpha value is -0.120. The molecule has 0 aromatic heterocycles. The molecule has 0 bridgehead atoms. The fourth-order valence-electron chi connectivity index (χ4n) is 4.89. The maximum atomic E-state index is 6.52. The summed E-state index contributed by atoms with van der Waals surface area (Å²) in [6, 6.07) is 0. The zero-order chi connectivity index (χ0) is 14.2. The van der Waals surface area contributed by atoms with E-state index < -0.39 is 0 Å². The van der Waals surface area contributed by atoms with Crippen LogP contribution in [0.1, 0.15) is 52.9 Å². The van der Waals surface area contributed by atoms with Crippen LogP contribution in [0.25, 0.3) is 0 Å². The van der Waals surface area contributed by atoms with Gasteiger partial charge in [0.25, 0.3) is 0 Å². The zero-order valence-corrected chi connectivity index (χ0v) is 13.3. The Bertz CT molecular complexity index is 324. The van der Waals surface area contributed by atoms with Crippen molar-refractivity contribution in [2.24, 2.45) is 23.7 Å². The van der Waals surface area contributed by atoms with Crippen molar-refractivity contribution in [3.8, 4) is 0 Å². The van der Waals surface area contributed by atoms with Gasteiger partial charge in [0.15, 0.2) is 6.29 Å². The third-order valence-corrected chi connectivity index (χ3v) is 5.70. The molecule has 1 aliphatic carbocycles. The Labute approximate surface area is 123 Å². The normalized spacial score (nSPS) is 43.5. The van der Waals surface area contributed by atoms with E-state index in [-0.39, 0.29) is 11.9 Å². The molecule has 3 fully saturated rings. The van der Waals surface area contributed by atoms with Gasteiger partial charge in [-0.2, -0.15) is 0 Å². The lowest BCUT2D eigenvalue weighted by atomic mass is 9.60. The van der Waals surface area contributed by atoms with Crippen LogP contribution in [0.3, 0.4) is 0 Å². The first kappa shape index (κ1) is 14.8. The number of ether oxygens (including phenoxy) is 3. The molecule has 1 spiro atoms. The molecular formula is C17H30O3. The quantitative estimate of drug-likeness (QED) is 0.774. The van der Waals surface area contributed by atoms with Crippen molar-refractivity contribution < 1.29 is 14.2 Å². The number of hydrogen-bond acceptors (Lipinski definition) is 3. The van der Waals surface area contributed by atoms with E-state index in [4.69, 9.17) is 14.2 Å². The Balaban J connectivity index is 1.89. The van der Waals surface area contributed by atoms with E-state index in [0.29, 0.717) is 17.8 Å². The van der Waals surface area contributed by atoms with E-state index in [1.54, 1.807) is 0 Å². The highest BCUT2D eigenvalue weighted by Gasteiger charge is 2.55. The van der Waals surface area contributed by atoms with Gasteiger partial charge >= 0.3 is 0 Å². The summed E-state index contributed by atoms with van der Waals surface area (Å²) >= 11 is 0. The molecule has 2 saturated heterocycles. The fourth-order valence-corrected chi connectivity index (χ4v) is 4.89.